The zero-order valence-electron chi connectivity index (χ0n) is 15.1. The molecule has 1 saturated heterocycles. The van der Waals surface area contributed by atoms with Crippen LogP contribution in [0.25, 0.3) is 0 Å². The molecule has 0 saturated carbocycles. The average Bonchev–Trinajstić information content (AvgIpc) is 3.37. The summed E-state index contributed by atoms with van der Waals surface area (Å²) in [5.41, 5.74) is 3.57. The minimum Gasteiger partial charge on any atom is -0.345 e. The number of aromatic nitrogens is 3. The highest BCUT2D eigenvalue weighted by atomic mass is 32.2. The van der Waals surface area contributed by atoms with Gasteiger partial charge < -0.3 is 9.47 Å². The highest BCUT2D eigenvalue weighted by molar-refractivity contribution is 8.14. The third-order valence-electron chi connectivity index (χ3n) is 5.15. The lowest BCUT2D eigenvalue weighted by Gasteiger charge is -2.28. The molecule has 5 rings (SSSR count). The monoisotopic (exact) mass is 375 g/mol. The first-order chi connectivity index (χ1) is 13.3. The van der Waals surface area contributed by atoms with E-state index in [9.17, 15) is 0 Å². The molecule has 3 aromatic heterocycles. The van der Waals surface area contributed by atoms with Gasteiger partial charge in [-0.3, -0.25) is 15.0 Å². The number of amidine groups is 1. The minimum atomic E-state index is 0.0345. The summed E-state index contributed by atoms with van der Waals surface area (Å²) in [4.78, 5) is 16.3. The van der Waals surface area contributed by atoms with Gasteiger partial charge >= 0.3 is 0 Å². The van der Waals surface area contributed by atoms with Crippen molar-refractivity contribution in [2.75, 3.05) is 6.54 Å². The van der Waals surface area contributed by atoms with Gasteiger partial charge in [0, 0.05) is 48.8 Å². The third-order valence-corrected chi connectivity index (χ3v) is 6.25. The lowest BCUT2D eigenvalue weighted by atomic mass is 10.0. The Labute approximate surface area is 163 Å². The van der Waals surface area contributed by atoms with Crippen LogP contribution in [0.5, 0.6) is 0 Å². The maximum absolute atomic E-state index is 5.08. The zero-order chi connectivity index (χ0) is 18.2. The van der Waals surface area contributed by atoms with Crippen LogP contribution in [-0.4, -0.2) is 36.4 Å². The summed E-state index contributed by atoms with van der Waals surface area (Å²) in [6, 6.07) is 14.8. The van der Waals surface area contributed by atoms with Crippen molar-refractivity contribution in [1.82, 2.24) is 19.4 Å². The summed E-state index contributed by atoms with van der Waals surface area (Å²) in [5, 5.41) is 1.72. The van der Waals surface area contributed by atoms with E-state index in [-0.39, 0.29) is 12.1 Å². The normalized spacial score (nSPS) is 24.1. The van der Waals surface area contributed by atoms with Crippen LogP contribution in [0.4, 0.5) is 0 Å². The molecular formula is C21H21N5S. The summed E-state index contributed by atoms with van der Waals surface area (Å²) < 4.78 is 2.34. The van der Waals surface area contributed by atoms with Crippen molar-refractivity contribution in [2.45, 2.75) is 30.8 Å². The molecule has 5 nitrogen and oxygen atoms in total. The van der Waals surface area contributed by atoms with Crippen LogP contribution in [0.2, 0.25) is 0 Å². The first-order valence-corrected chi connectivity index (χ1v) is 10.1. The number of pyridine rings is 2. The Hall–Kier alpha value is -2.60. The molecule has 3 atom stereocenters. The van der Waals surface area contributed by atoms with Crippen LogP contribution in [0.1, 0.15) is 36.0 Å². The quantitative estimate of drug-likeness (QED) is 0.693. The molecule has 0 bridgehead atoms. The Bertz CT molecular complexity index is 953. The molecular weight excluding hydrogens is 354 g/mol. The number of aliphatic imine (C=N–C) groups is 1. The lowest BCUT2D eigenvalue weighted by molar-refractivity contribution is 0.308. The molecule has 2 aliphatic heterocycles. The second kappa shape index (κ2) is 6.85. The van der Waals surface area contributed by atoms with Crippen LogP contribution in [0.15, 0.2) is 72.2 Å². The second-order valence-electron chi connectivity index (χ2n) is 7.05. The molecule has 0 amide bonds. The van der Waals surface area contributed by atoms with Crippen LogP contribution in [0, 0.1) is 0 Å². The van der Waals surface area contributed by atoms with Crippen molar-refractivity contribution in [3.05, 3.63) is 84.2 Å². The van der Waals surface area contributed by atoms with Crippen LogP contribution in [0.3, 0.4) is 0 Å². The predicted octanol–water partition coefficient (Wildman–Crippen LogP) is 3.92. The summed E-state index contributed by atoms with van der Waals surface area (Å²) in [6.45, 7) is 4.13. The fraction of sp³-hybridized carbons (Fsp3) is 0.286. The predicted molar refractivity (Wildman–Crippen MR) is 109 cm³/mol. The van der Waals surface area contributed by atoms with Gasteiger partial charge in [-0.2, -0.15) is 0 Å². The topological polar surface area (TPSA) is 46.3 Å². The van der Waals surface area contributed by atoms with E-state index in [1.807, 2.05) is 36.4 Å². The Morgan fingerprint density at radius 1 is 1.07 bits per heavy atom. The van der Waals surface area contributed by atoms with Gasteiger partial charge in [-0.15, -0.1) is 0 Å². The van der Waals surface area contributed by atoms with Crippen molar-refractivity contribution in [3.63, 3.8) is 0 Å². The first-order valence-electron chi connectivity index (χ1n) is 9.25. The third kappa shape index (κ3) is 3.04. The molecule has 0 unspecified atom stereocenters. The van der Waals surface area contributed by atoms with Gasteiger partial charge in [0.15, 0.2) is 5.17 Å². The Morgan fingerprint density at radius 3 is 2.78 bits per heavy atom. The van der Waals surface area contributed by atoms with Crippen LogP contribution < -0.4 is 0 Å². The van der Waals surface area contributed by atoms with Crippen molar-refractivity contribution < 1.29 is 0 Å². The molecule has 0 spiro atoms. The van der Waals surface area contributed by atoms with E-state index in [2.05, 4.69) is 69.0 Å². The smallest absolute Gasteiger partial charge is 0.160 e. The molecule has 0 radical (unpaired) electrons. The minimum absolute atomic E-state index is 0.0345. The zero-order valence-corrected chi connectivity index (χ0v) is 16.0. The van der Waals surface area contributed by atoms with E-state index in [0.717, 1.165) is 24.0 Å². The average molecular weight is 376 g/mol. The summed E-state index contributed by atoms with van der Waals surface area (Å²) in [6.07, 6.45) is 7.73. The highest BCUT2D eigenvalue weighted by Crippen LogP contribution is 2.47. The van der Waals surface area contributed by atoms with Gasteiger partial charge in [-0.05, 0) is 42.0 Å². The van der Waals surface area contributed by atoms with Gasteiger partial charge in [0.1, 0.15) is 6.04 Å². The van der Waals surface area contributed by atoms with Gasteiger partial charge in [0.25, 0.3) is 0 Å². The van der Waals surface area contributed by atoms with E-state index in [1.54, 1.807) is 0 Å². The number of nitrogens with zero attached hydrogens (tertiary/aromatic N) is 5. The van der Waals surface area contributed by atoms with Crippen molar-refractivity contribution in [2.24, 2.45) is 4.99 Å². The molecule has 0 N–H and O–H groups in total. The van der Waals surface area contributed by atoms with Gasteiger partial charge in [0.05, 0.1) is 11.7 Å². The van der Waals surface area contributed by atoms with Crippen LogP contribution >= 0.6 is 11.8 Å². The Kier molecular flexibility index (Phi) is 4.20. The number of thioether (sulfide) groups is 1. The molecule has 136 valence electrons. The first kappa shape index (κ1) is 16.6. The van der Waals surface area contributed by atoms with Gasteiger partial charge in [-0.25, -0.2) is 0 Å². The molecule has 3 aromatic rings. The number of fused-ring (bicyclic) bond motifs is 1. The number of hydrogen-bond donors (Lipinski definition) is 0. The van der Waals surface area contributed by atoms with Gasteiger partial charge in [-0.1, -0.05) is 24.8 Å². The molecule has 0 aromatic carbocycles. The van der Waals surface area contributed by atoms with Crippen molar-refractivity contribution in [1.29, 1.82) is 0 Å². The number of rotatable bonds is 4. The fourth-order valence-corrected chi connectivity index (χ4v) is 5.06. The molecule has 5 heterocycles. The highest BCUT2D eigenvalue weighted by Gasteiger charge is 2.44. The van der Waals surface area contributed by atoms with E-state index < -0.39 is 0 Å². The maximum atomic E-state index is 5.08. The second-order valence-corrected chi connectivity index (χ2v) is 8.46. The van der Waals surface area contributed by atoms with E-state index in [1.165, 1.54) is 11.3 Å². The SMILES string of the molecule is C[C@H]1CN2C(=N[C@H](c3ccccn3)[C@@H]2c2cccn2Cc2ccncc2)S1. The van der Waals surface area contributed by atoms with E-state index in [0.29, 0.717) is 5.25 Å². The van der Waals surface area contributed by atoms with Crippen molar-refractivity contribution in [3.8, 4) is 0 Å². The molecule has 2 aliphatic rings. The molecule has 27 heavy (non-hydrogen) atoms. The molecule has 6 heteroatoms. The summed E-state index contributed by atoms with van der Waals surface area (Å²) in [5.74, 6) is 0. The standard InChI is InChI=1S/C21H21N5S/c1-15-13-26-20(19(24-21(26)27-15)17-5-2-3-9-23-17)18-6-4-12-25(18)14-16-7-10-22-11-8-16/h2-12,15,19-20H,13-14H2,1H3/t15-,19+,20-/m0/s1. The lowest BCUT2D eigenvalue weighted by Crippen LogP contribution is -2.30. The number of hydrogen-bond acceptors (Lipinski definition) is 5. The van der Waals surface area contributed by atoms with Crippen LogP contribution in [-0.2, 0) is 6.54 Å². The summed E-state index contributed by atoms with van der Waals surface area (Å²) >= 11 is 1.88. The Balaban J connectivity index is 1.53. The maximum Gasteiger partial charge on any atom is 0.160 e. The van der Waals surface area contributed by atoms with E-state index in [4.69, 9.17) is 4.99 Å². The Morgan fingerprint density at radius 2 is 1.96 bits per heavy atom. The largest absolute Gasteiger partial charge is 0.345 e. The molecule has 0 aliphatic carbocycles. The van der Waals surface area contributed by atoms with Crippen molar-refractivity contribution >= 4 is 16.9 Å². The fourth-order valence-electron chi connectivity index (χ4n) is 3.96. The summed E-state index contributed by atoms with van der Waals surface area (Å²) in [7, 11) is 0. The van der Waals surface area contributed by atoms with E-state index >= 15 is 0 Å². The van der Waals surface area contributed by atoms with Gasteiger partial charge in [0.2, 0.25) is 0 Å². The molecule has 1 fully saturated rings.